The minimum absolute atomic E-state index is 0.833. The highest BCUT2D eigenvalue weighted by atomic mass is 16.4. The van der Waals surface area contributed by atoms with Crippen molar-refractivity contribution in [2.45, 2.75) is 72.1 Å². The van der Waals surface area contributed by atoms with Crippen LogP contribution in [0.25, 0.3) is 0 Å². The normalized spacial score (nSPS) is 9.94. The number of allylic oxidation sites excluding steroid dienone is 2. The lowest BCUT2D eigenvalue weighted by molar-refractivity contribution is -0.134. The third-order valence-electron chi connectivity index (χ3n) is 2.12. The van der Waals surface area contributed by atoms with Gasteiger partial charge in [0.25, 0.3) is 5.97 Å². The zero-order valence-corrected chi connectivity index (χ0v) is 11.2. The van der Waals surface area contributed by atoms with Gasteiger partial charge in [-0.3, -0.25) is 4.79 Å². The lowest BCUT2D eigenvalue weighted by atomic mass is 10.1. The fourth-order valence-corrected chi connectivity index (χ4v) is 1.25. The Morgan fingerprint density at radius 3 is 1.81 bits per heavy atom. The van der Waals surface area contributed by atoms with Crippen LogP contribution in [0.15, 0.2) is 12.2 Å². The van der Waals surface area contributed by atoms with Crippen LogP contribution in [0, 0.1) is 0 Å². The number of carboxylic acids is 1. The molecule has 96 valence electrons. The van der Waals surface area contributed by atoms with Gasteiger partial charge in [-0.25, -0.2) is 0 Å². The second-order valence-electron chi connectivity index (χ2n) is 3.98. The van der Waals surface area contributed by atoms with Crippen molar-refractivity contribution in [1.82, 2.24) is 0 Å². The monoisotopic (exact) mass is 228 g/mol. The Labute approximate surface area is 101 Å². The van der Waals surface area contributed by atoms with Gasteiger partial charge < -0.3 is 5.11 Å². The topological polar surface area (TPSA) is 37.3 Å². The summed E-state index contributed by atoms with van der Waals surface area (Å²) in [6, 6.07) is 0. The molecule has 0 rings (SSSR count). The highest BCUT2D eigenvalue weighted by Gasteiger charge is 1.84. The lowest BCUT2D eigenvalue weighted by Crippen LogP contribution is -1.78. The second-order valence-corrected chi connectivity index (χ2v) is 3.98. The number of hydrogen-bond acceptors (Lipinski definition) is 1. The molecular formula is C14H28O2. The van der Waals surface area contributed by atoms with Crippen LogP contribution in [-0.2, 0) is 4.79 Å². The highest BCUT2D eigenvalue weighted by Crippen LogP contribution is 2.04. The van der Waals surface area contributed by atoms with Crippen LogP contribution in [-0.4, -0.2) is 11.1 Å². The molecule has 16 heavy (non-hydrogen) atoms. The number of aliphatic carboxylic acids is 1. The molecule has 0 fully saturated rings. The Kier molecular flexibility index (Phi) is 18.3. The van der Waals surface area contributed by atoms with E-state index in [0.29, 0.717) is 0 Å². The molecule has 0 unspecified atom stereocenters. The Morgan fingerprint density at radius 2 is 1.38 bits per heavy atom. The van der Waals surface area contributed by atoms with Crippen molar-refractivity contribution in [3.63, 3.8) is 0 Å². The van der Waals surface area contributed by atoms with E-state index in [0.717, 1.165) is 6.92 Å². The summed E-state index contributed by atoms with van der Waals surface area (Å²) in [7, 11) is 0. The van der Waals surface area contributed by atoms with Gasteiger partial charge in [-0.1, -0.05) is 58.1 Å². The number of carboxylic acid groups (broad SMARTS) is 1. The van der Waals surface area contributed by atoms with E-state index in [9.17, 15) is 0 Å². The largest absolute Gasteiger partial charge is 0.481 e. The van der Waals surface area contributed by atoms with Crippen LogP contribution >= 0.6 is 0 Å². The first kappa shape index (κ1) is 17.6. The SMILES string of the molecule is CC(=O)O.CCCC/C=C/CCCCCC. The van der Waals surface area contributed by atoms with Gasteiger partial charge in [-0.05, 0) is 19.3 Å². The van der Waals surface area contributed by atoms with Crippen molar-refractivity contribution in [3.8, 4) is 0 Å². The smallest absolute Gasteiger partial charge is 0.300 e. The molecule has 2 nitrogen and oxygen atoms in total. The summed E-state index contributed by atoms with van der Waals surface area (Å²) in [5.74, 6) is -0.833. The molecule has 0 spiro atoms. The molecule has 0 aliphatic carbocycles. The Balaban J connectivity index is 0. The first-order valence-electron chi connectivity index (χ1n) is 6.49. The van der Waals surface area contributed by atoms with Gasteiger partial charge in [0, 0.05) is 6.92 Å². The van der Waals surface area contributed by atoms with Gasteiger partial charge in [0.2, 0.25) is 0 Å². The van der Waals surface area contributed by atoms with Crippen molar-refractivity contribution >= 4 is 5.97 Å². The average molecular weight is 228 g/mol. The molecule has 0 aliphatic heterocycles. The van der Waals surface area contributed by atoms with Crippen LogP contribution < -0.4 is 0 Å². The Bertz CT molecular complexity index is 158. The van der Waals surface area contributed by atoms with E-state index in [1.165, 1.54) is 51.4 Å². The molecule has 0 bridgehead atoms. The van der Waals surface area contributed by atoms with Gasteiger partial charge in [-0.2, -0.15) is 0 Å². The summed E-state index contributed by atoms with van der Waals surface area (Å²) >= 11 is 0. The Morgan fingerprint density at radius 1 is 0.938 bits per heavy atom. The zero-order chi connectivity index (χ0) is 12.6. The summed E-state index contributed by atoms with van der Waals surface area (Å²) in [5.41, 5.74) is 0. The third-order valence-corrected chi connectivity index (χ3v) is 2.12. The molecule has 0 aromatic carbocycles. The van der Waals surface area contributed by atoms with Gasteiger partial charge in [0.1, 0.15) is 0 Å². The van der Waals surface area contributed by atoms with Gasteiger partial charge >= 0.3 is 0 Å². The molecule has 1 N–H and O–H groups in total. The molecule has 0 atom stereocenters. The molecule has 0 aliphatic rings. The Hall–Kier alpha value is -0.790. The number of rotatable bonds is 8. The quantitative estimate of drug-likeness (QED) is 0.479. The number of carbonyl (C=O) groups is 1. The van der Waals surface area contributed by atoms with E-state index < -0.39 is 5.97 Å². The number of unbranched alkanes of at least 4 members (excludes halogenated alkanes) is 6. The second kappa shape index (κ2) is 16.6. The molecule has 0 saturated heterocycles. The first-order valence-corrected chi connectivity index (χ1v) is 6.49. The standard InChI is InChI=1S/C12H24.C2H4O2/c1-3-5-7-9-11-12-10-8-6-4-2;1-2(3)4/h9,11H,3-8,10,12H2,1-2H3;1H3,(H,3,4)/b11-9+;. The molecule has 0 heterocycles. The fraction of sp³-hybridized carbons (Fsp3) is 0.786. The van der Waals surface area contributed by atoms with E-state index in [1.807, 2.05) is 0 Å². The van der Waals surface area contributed by atoms with Crippen molar-refractivity contribution < 1.29 is 9.90 Å². The lowest BCUT2D eigenvalue weighted by Gasteiger charge is -1.94. The van der Waals surface area contributed by atoms with E-state index in [1.54, 1.807) is 0 Å². The molecule has 0 saturated carbocycles. The summed E-state index contributed by atoms with van der Waals surface area (Å²) in [5, 5.41) is 7.42. The van der Waals surface area contributed by atoms with E-state index >= 15 is 0 Å². The van der Waals surface area contributed by atoms with E-state index in [4.69, 9.17) is 9.90 Å². The maximum absolute atomic E-state index is 9.00. The number of hydrogen-bond donors (Lipinski definition) is 1. The summed E-state index contributed by atoms with van der Waals surface area (Å²) < 4.78 is 0. The third kappa shape index (κ3) is 29.2. The molecule has 2 heteroatoms. The summed E-state index contributed by atoms with van der Waals surface area (Å²) in [4.78, 5) is 9.00. The molecule has 0 amide bonds. The van der Waals surface area contributed by atoms with Crippen molar-refractivity contribution in [1.29, 1.82) is 0 Å². The van der Waals surface area contributed by atoms with Crippen LogP contribution in [0.2, 0.25) is 0 Å². The van der Waals surface area contributed by atoms with Crippen molar-refractivity contribution in [2.24, 2.45) is 0 Å². The average Bonchev–Trinajstić information content (AvgIpc) is 2.21. The molecule has 0 aromatic rings. The van der Waals surface area contributed by atoms with Crippen molar-refractivity contribution in [3.05, 3.63) is 12.2 Å². The van der Waals surface area contributed by atoms with Gasteiger partial charge in [0.15, 0.2) is 0 Å². The maximum atomic E-state index is 9.00. The summed E-state index contributed by atoms with van der Waals surface area (Å²) in [6.45, 7) is 5.59. The predicted molar refractivity (Wildman–Crippen MR) is 70.7 cm³/mol. The van der Waals surface area contributed by atoms with Gasteiger partial charge in [0.05, 0.1) is 0 Å². The van der Waals surface area contributed by atoms with Crippen LogP contribution in [0.5, 0.6) is 0 Å². The van der Waals surface area contributed by atoms with Crippen LogP contribution in [0.4, 0.5) is 0 Å². The van der Waals surface area contributed by atoms with E-state index in [2.05, 4.69) is 26.0 Å². The maximum Gasteiger partial charge on any atom is 0.300 e. The fourth-order valence-electron chi connectivity index (χ4n) is 1.25. The molecule has 0 radical (unpaired) electrons. The minimum atomic E-state index is -0.833. The highest BCUT2D eigenvalue weighted by molar-refractivity contribution is 5.62. The van der Waals surface area contributed by atoms with Crippen molar-refractivity contribution in [2.75, 3.05) is 0 Å². The minimum Gasteiger partial charge on any atom is -0.481 e. The first-order chi connectivity index (χ1) is 7.65. The van der Waals surface area contributed by atoms with Crippen LogP contribution in [0.3, 0.4) is 0 Å². The molecule has 0 aromatic heterocycles. The van der Waals surface area contributed by atoms with Gasteiger partial charge in [-0.15, -0.1) is 0 Å². The zero-order valence-electron chi connectivity index (χ0n) is 11.2. The van der Waals surface area contributed by atoms with Crippen LogP contribution in [0.1, 0.15) is 72.1 Å². The molecular weight excluding hydrogens is 200 g/mol. The van der Waals surface area contributed by atoms with E-state index in [-0.39, 0.29) is 0 Å². The summed E-state index contributed by atoms with van der Waals surface area (Å²) in [6.07, 6.45) is 15.5. The predicted octanol–water partition coefficient (Wildman–Crippen LogP) is 4.79.